The summed E-state index contributed by atoms with van der Waals surface area (Å²) >= 11 is 0. The molecule has 162 valence electrons. The fourth-order valence-electron chi connectivity index (χ4n) is 4.68. The number of hydrogen-bond acceptors (Lipinski definition) is 8. The Hall–Kier alpha value is -2.89. The van der Waals surface area contributed by atoms with Crippen LogP contribution in [0.1, 0.15) is 31.2 Å². The minimum absolute atomic E-state index is 0.0995. The highest BCUT2D eigenvalue weighted by Gasteiger charge is 2.53. The van der Waals surface area contributed by atoms with Crippen molar-refractivity contribution in [3.63, 3.8) is 0 Å². The molecule has 2 aliphatic carbocycles. The van der Waals surface area contributed by atoms with Gasteiger partial charge in [0.15, 0.2) is 11.6 Å². The van der Waals surface area contributed by atoms with E-state index in [2.05, 4.69) is 24.8 Å². The van der Waals surface area contributed by atoms with Crippen LogP contribution in [0.3, 0.4) is 0 Å². The van der Waals surface area contributed by atoms with Crippen molar-refractivity contribution >= 4 is 15.8 Å². The van der Waals surface area contributed by atoms with Crippen molar-refractivity contribution in [1.82, 2.24) is 29.5 Å². The third-order valence-electron chi connectivity index (χ3n) is 6.23. The topological polar surface area (TPSA) is 149 Å². The van der Waals surface area contributed by atoms with E-state index in [-0.39, 0.29) is 28.3 Å². The first-order chi connectivity index (χ1) is 14.7. The van der Waals surface area contributed by atoms with Crippen LogP contribution in [0.25, 0.3) is 17.1 Å². The molecule has 2 aliphatic rings. The largest absolute Gasteiger partial charge is 0.393 e. The Morgan fingerprint density at radius 1 is 1.26 bits per heavy atom. The van der Waals surface area contributed by atoms with E-state index in [1.54, 1.807) is 18.2 Å². The monoisotopic (exact) mass is 441 g/mol. The number of benzene rings is 1. The smallest absolute Gasteiger partial charge is 0.240 e. The molecule has 0 bridgehead atoms. The first-order valence-corrected chi connectivity index (χ1v) is 11.5. The van der Waals surface area contributed by atoms with E-state index in [1.807, 2.05) is 6.92 Å². The summed E-state index contributed by atoms with van der Waals surface area (Å²) in [5.41, 5.74) is 8.05. The van der Waals surface area contributed by atoms with Crippen LogP contribution in [0.15, 0.2) is 41.9 Å². The minimum atomic E-state index is -3.69. The van der Waals surface area contributed by atoms with Crippen molar-refractivity contribution < 1.29 is 13.5 Å². The zero-order chi connectivity index (χ0) is 21.8. The highest BCUT2D eigenvalue weighted by atomic mass is 32.2. The average molecular weight is 442 g/mol. The lowest BCUT2D eigenvalue weighted by atomic mass is 9.53. The molecular weight excluding hydrogens is 418 g/mol. The molecular formula is C20H23N7O3S. The predicted octanol–water partition coefficient (Wildman–Crippen LogP) is 1.20. The molecule has 1 aromatic carbocycles. The van der Waals surface area contributed by atoms with Crippen LogP contribution in [0.5, 0.6) is 0 Å². The van der Waals surface area contributed by atoms with Gasteiger partial charge < -0.3 is 10.8 Å². The Labute approximate surface area is 179 Å². The zero-order valence-corrected chi connectivity index (χ0v) is 17.7. The lowest BCUT2D eigenvalue weighted by molar-refractivity contribution is -0.0930. The molecule has 11 heteroatoms. The van der Waals surface area contributed by atoms with Gasteiger partial charge in [-0.2, -0.15) is 9.78 Å². The maximum absolute atomic E-state index is 13.0. The van der Waals surface area contributed by atoms with Crippen molar-refractivity contribution in [2.45, 2.75) is 49.6 Å². The molecule has 0 amide bonds. The Morgan fingerprint density at radius 3 is 2.71 bits per heavy atom. The van der Waals surface area contributed by atoms with Gasteiger partial charge in [0.1, 0.15) is 12.7 Å². The summed E-state index contributed by atoms with van der Waals surface area (Å²) in [6.45, 7) is 1.88. The van der Waals surface area contributed by atoms with E-state index < -0.39 is 10.0 Å². The van der Waals surface area contributed by atoms with Gasteiger partial charge in [0.2, 0.25) is 10.0 Å². The molecule has 0 unspecified atom stereocenters. The van der Waals surface area contributed by atoms with Crippen LogP contribution >= 0.6 is 0 Å². The van der Waals surface area contributed by atoms with Gasteiger partial charge in [0.25, 0.3) is 0 Å². The van der Waals surface area contributed by atoms with Crippen LogP contribution in [-0.2, 0) is 10.0 Å². The second-order valence-corrected chi connectivity index (χ2v) is 10.3. The molecule has 5 rings (SSSR count). The van der Waals surface area contributed by atoms with Crippen molar-refractivity contribution in [3.8, 4) is 17.1 Å². The number of nitrogen functional groups attached to an aromatic ring is 1. The van der Waals surface area contributed by atoms with Gasteiger partial charge in [-0.3, -0.25) is 0 Å². The van der Waals surface area contributed by atoms with Gasteiger partial charge in [0, 0.05) is 11.6 Å². The molecule has 0 aliphatic heterocycles. The highest BCUT2D eigenvalue weighted by Crippen LogP contribution is 2.56. The number of aliphatic hydroxyl groups excluding tert-OH is 1. The van der Waals surface area contributed by atoms with E-state index in [4.69, 9.17) is 5.73 Å². The summed E-state index contributed by atoms with van der Waals surface area (Å²) in [5, 5.41) is 13.6. The number of sulfonamides is 1. The van der Waals surface area contributed by atoms with Crippen LogP contribution < -0.4 is 10.5 Å². The Balaban J connectivity index is 1.41. The standard InChI is InChI=1S/C20H23N7O3S/c1-12-2-3-15(31(29,30)26-13-5-20(6-13)7-14(28)8-20)4-16(12)17-9-23-18(21)19(25-17)27-11-22-10-24-27/h2-4,9-11,13-14,26,28H,5-8H2,1H3,(H2,21,23)/t13-,14-,20?. The number of rotatable bonds is 5. The Morgan fingerprint density at radius 2 is 2.03 bits per heavy atom. The third kappa shape index (κ3) is 3.58. The van der Waals surface area contributed by atoms with Gasteiger partial charge in [-0.15, -0.1) is 0 Å². The maximum Gasteiger partial charge on any atom is 0.240 e. The predicted molar refractivity (Wildman–Crippen MR) is 113 cm³/mol. The Kier molecular flexibility index (Phi) is 4.57. The number of aryl methyl sites for hydroxylation is 1. The van der Waals surface area contributed by atoms with E-state index in [0.29, 0.717) is 17.1 Å². The van der Waals surface area contributed by atoms with Gasteiger partial charge in [-0.1, -0.05) is 6.07 Å². The minimum Gasteiger partial charge on any atom is -0.393 e. The summed E-state index contributed by atoms with van der Waals surface area (Å²) < 4.78 is 30.2. The van der Waals surface area contributed by atoms with Gasteiger partial charge >= 0.3 is 0 Å². The van der Waals surface area contributed by atoms with Crippen molar-refractivity contribution in [3.05, 3.63) is 42.6 Å². The quantitative estimate of drug-likeness (QED) is 0.535. The van der Waals surface area contributed by atoms with Gasteiger partial charge in [-0.05, 0) is 55.7 Å². The second-order valence-electron chi connectivity index (χ2n) is 8.57. The summed E-state index contributed by atoms with van der Waals surface area (Å²) in [7, 11) is -3.69. The van der Waals surface area contributed by atoms with Crippen molar-refractivity contribution in [2.24, 2.45) is 5.41 Å². The first-order valence-electron chi connectivity index (χ1n) is 10.0. The molecule has 10 nitrogen and oxygen atoms in total. The van der Waals surface area contributed by atoms with Crippen LogP contribution in [0.2, 0.25) is 0 Å². The first kappa shape index (κ1) is 20.0. The van der Waals surface area contributed by atoms with Gasteiger partial charge in [0.05, 0.1) is 22.9 Å². The molecule has 31 heavy (non-hydrogen) atoms. The summed E-state index contributed by atoms with van der Waals surface area (Å²) in [4.78, 5) is 12.8. The summed E-state index contributed by atoms with van der Waals surface area (Å²) in [5.74, 6) is 0.514. The molecule has 2 heterocycles. The highest BCUT2D eigenvalue weighted by molar-refractivity contribution is 7.89. The van der Waals surface area contributed by atoms with E-state index in [1.165, 1.54) is 23.5 Å². The fourth-order valence-corrected chi connectivity index (χ4v) is 5.94. The zero-order valence-electron chi connectivity index (χ0n) is 16.9. The van der Waals surface area contributed by atoms with Crippen LogP contribution in [-0.4, -0.2) is 50.4 Å². The Bertz CT molecular complexity index is 1230. The molecule has 2 saturated carbocycles. The fraction of sp³-hybridized carbons (Fsp3) is 0.400. The normalized spacial score (nSPS) is 25.2. The number of nitrogens with two attached hydrogens (primary N) is 1. The number of nitrogens with one attached hydrogen (secondary N) is 1. The number of aliphatic hydroxyl groups is 1. The molecule has 2 fully saturated rings. The maximum atomic E-state index is 13.0. The molecule has 0 saturated heterocycles. The van der Waals surface area contributed by atoms with Crippen LogP contribution in [0, 0.1) is 12.3 Å². The SMILES string of the molecule is Cc1ccc(S(=O)(=O)N[C@H]2CC3(C[C@@H](O)C3)C2)cc1-c1cnc(N)c(-n2cncn2)n1. The number of aromatic nitrogens is 5. The van der Waals surface area contributed by atoms with Gasteiger partial charge in [-0.25, -0.2) is 28.1 Å². The van der Waals surface area contributed by atoms with Crippen LogP contribution in [0.4, 0.5) is 5.82 Å². The van der Waals surface area contributed by atoms with E-state index in [0.717, 1.165) is 31.2 Å². The lowest BCUT2D eigenvalue weighted by Crippen LogP contribution is -2.57. The number of hydrogen-bond donors (Lipinski definition) is 3. The van der Waals surface area contributed by atoms with E-state index in [9.17, 15) is 13.5 Å². The molecule has 0 radical (unpaired) electrons. The summed E-state index contributed by atoms with van der Waals surface area (Å²) in [6.07, 6.45) is 7.19. The molecule has 2 aromatic heterocycles. The van der Waals surface area contributed by atoms with Crippen molar-refractivity contribution in [1.29, 1.82) is 0 Å². The number of anilines is 1. The number of nitrogens with zero attached hydrogens (tertiary/aromatic N) is 5. The van der Waals surface area contributed by atoms with E-state index >= 15 is 0 Å². The molecule has 0 atom stereocenters. The van der Waals surface area contributed by atoms with Crippen molar-refractivity contribution in [2.75, 3.05) is 5.73 Å². The molecule has 3 aromatic rings. The third-order valence-corrected chi connectivity index (χ3v) is 7.75. The average Bonchev–Trinajstić information content (AvgIpc) is 3.20. The molecule has 1 spiro atoms. The second kappa shape index (κ2) is 7.08. The summed E-state index contributed by atoms with van der Waals surface area (Å²) in [6, 6.07) is 4.84. The lowest BCUT2D eigenvalue weighted by Gasteiger charge is -2.56. The molecule has 4 N–H and O–H groups in total.